The average molecular weight is 503 g/mol. The van der Waals surface area contributed by atoms with Crippen molar-refractivity contribution in [2.24, 2.45) is 5.41 Å². The lowest BCUT2D eigenvalue weighted by atomic mass is 9.77. The summed E-state index contributed by atoms with van der Waals surface area (Å²) >= 11 is 0. The summed E-state index contributed by atoms with van der Waals surface area (Å²) in [7, 11) is 0. The van der Waals surface area contributed by atoms with E-state index in [0.29, 0.717) is 5.91 Å². The number of benzene rings is 2. The van der Waals surface area contributed by atoms with Crippen LogP contribution in [0.15, 0.2) is 54.6 Å². The van der Waals surface area contributed by atoms with Crippen LogP contribution in [0, 0.1) is 12.3 Å². The van der Waals surface area contributed by atoms with E-state index in [4.69, 9.17) is 0 Å². The second-order valence-corrected chi connectivity index (χ2v) is 11.3. The van der Waals surface area contributed by atoms with Crippen molar-refractivity contribution in [2.75, 3.05) is 39.3 Å². The van der Waals surface area contributed by atoms with Crippen molar-refractivity contribution in [2.45, 2.75) is 64.5 Å². The monoisotopic (exact) mass is 502 g/mol. The Hall–Kier alpha value is -2.86. The molecule has 0 aromatic heterocycles. The highest BCUT2D eigenvalue weighted by atomic mass is 16.2. The van der Waals surface area contributed by atoms with Crippen LogP contribution in [-0.4, -0.2) is 65.9 Å². The van der Waals surface area contributed by atoms with Crippen molar-refractivity contribution >= 4 is 11.9 Å². The number of piperidine rings is 2. The van der Waals surface area contributed by atoms with Gasteiger partial charge in [-0.1, -0.05) is 60.2 Å². The summed E-state index contributed by atoms with van der Waals surface area (Å²) < 4.78 is 0. The highest BCUT2D eigenvalue weighted by Crippen LogP contribution is 2.42. The minimum absolute atomic E-state index is 0.00428. The summed E-state index contributed by atoms with van der Waals surface area (Å²) in [6.07, 6.45) is 7.14. The topological polar surface area (TPSA) is 55.9 Å². The molecule has 2 aromatic carbocycles. The molecule has 1 N–H and O–H groups in total. The van der Waals surface area contributed by atoms with Crippen LogP contribution in [0.25, 0.3) is 0 Å². The minimum atomic E-state index is -0.178. The van der Waals surface area contributed by atoms with Gasteiger partial charge >= 0.3 is 6.03 Å². The molecule has 1 spiro atoms. The molecule has 6 heteroatoms. The van der Waals surface area contributed by atoms with Crippen LogP contribution in [0.3, 0.4) is 0 Å². The first-order valence-corrected chi connectivity index (χ1v) is 14.2. The van der Waals surface area contributed by atoms with Gasteiger partial charge in [0, 0.05) is 32.7 Å². The fourth-order valence-electron chi connectivity index (χ4n) is 6.28. The number of nitrogens with zero attached hydrogens (tertiary/aromatic N) is 3. The van der Waals surface area contributed by atoms with Crippen molar-refractivity contribution in [3.63, 3.8) is 0 Å². The Balaban J connectivity index is 1.14. The van der Waals surface area contributed by atoms with Crippen LogP contribution in [0.2, 0.25) is 0 Å². The number of aryl methyl sites for hydroxylation is 1. The van der Waals surface area contributed by atoms with Gasteiger partial charge in [-0.15, -0.1) is 0 Å². The highest BCUT2D eigenvalue weighted by Gasteiger charge is 2.47. The molecule has 1 atom stereocenters. The number of rotatable bonds is 7. The van der Waals surface area contributed by atoms with Crippen LogP contribution in [0.1, 0.15) is 67.7 Å². The van der Waals surface area contributed by atoms with Crippen molar-refractivity contribution < 1.29 is 9.59 Å². The Kier molecular flexibility index (Phi) is 8.14. The first-order valence-electron chi connectivity index (χ1n) is 14.2. The predicted molar refractivity (Wildman–Crippen MR) is 147 cm³/mol. The third-order valence-electron chi connectivity index (χ3n) is 8.79. The zero-order chi connectivity index (χ0) is 25.7. The zero-order valence-electron chi connectivity index (χ0n) is 22.3. The first kappa shape index (κ1) is 25.8. The van der Waals surface area contributed by atoms with E-state index >= 15 is 0 Å². The Labute approximate surface area is 222 Å². The molecule has 2 aromatic rings. The molecule has 3 saturated heterocycles. The molecule has 0 saturated carbocycles. The van der Waals surface area contributed by atoms with E-state index in [1.165, 1.54) is 23.1 Å². The van der Waals surface area contributed by atoms with Gasteiger partial charge in [-0.3, -0.25) is 4.79 Å². The molecule has 37 heavy (non-hydrogen) atoms. The lowest BCUT2D eigenvalue weighted by Gasteiger charge is -2.38. The zero-order valence-corrected chi connectivity index (χ0v) is 22.3. The molecule has 3 fully saturated rings. The second kappa shape index (κ2) is 11.7. The maximum absolute atomic E-state index is 13.4. The summed E-state index contributed by atoms with van der Waals surface area (Å²) in [5, 5.41) is 3.33. The van der Waals surface area contributed by atoms with Crippen LogP contribution >= 0.6 is 0 Å². The fraction of sp³-hybridized carbons (Fsp3) is 0.548. The molecule has 6 nitrogen and oxygen atoms in total. The van der Waals surface area contributed by atoms with Crippen LogP contribution in [0.4, 0.5) is 4.79 Å². The normalized spacial score (nSPS) is 20.8. The number of likely N-dealkylation sites (tertiary alicyclic amines) is 3. The summed E-state index contributed by atoms with van der Waals surface area (Å²) in [5.41, 5.74) is 3.45. The predicted octanol–water partition coefficient (Wildman–Crippen LogP) is 5.14. The van der Waals surface area contributed by atoms with Gasteiger partial charge in [0.05, 0.1) is 11.5 Å². The molecule has 3 aliphatic rings. The largest absolute Gasteiger partial charge is 0.338 e. The van der Waals surface area contributed by atoms with Crippen molar-refractivity contribution in [1.82, 2.24) is 20.0 Å². The highest BCUT2D eigenvalue weighted by molar-refractivity contribution is 5.85. The van der Waals surface area contributed by atoms with E-state index in [-0.39, 0.29) is 17.5 Å². The molecular formula is C31H42N4O2. The van der Waals surface area contributed by atoms with Gasteiger partial charge in [0.2, 0.25) is 5.91 Å². The first-order chi connectivity index (χ1) is 18.0. The number of amides is 3. The lowest BCUT2D eigenvalue weighted by molar-refractivity contribution is -0.138. The third kappa shape index (κ3) is 6.18. The summed E-state index contributed by atoms with van der Waals surface area (Å²) in [6, 6.07) is 19.0. The number of carbonyl (C=O) groups excluding carboxylic acids is 2. The molecule has 0 aliphatic carbocycles. The smallest absolute Gasteiger partial charge is 0.317 e. The van der Waals surface area contributed by atoms with Gasteiger partial charge in [0.25, 0.3) is 0 Å². The molecule has 3 aliphatic heterocycles. The van der Waals surface area contributed by atoms with Gasteiger partial charge in [-0.25, -0.2) is 4.79 Å². The molecule has 0 bridgehead atoms. The summed E-state index contributed by atoms with van der Waals surface area (Å²) in [5.74, 6) is 0.351. The molecule has 198 valence electrons. The van der Waals surface area contributed by atoms with E-state index in [2.05, 4.69) is 58.4 Å². The standard InChI is InChI=1S/C31H42N4O2/c1-25-10-12-26(13-11-25)24-35-23-17-31(29(35)36)15-21-33(22-16-31)20-14-28(27-8-4-2-5-9-27)32-30(37)34-18-6-3-7-19-34/h2,4-5,8-13,28H,3,6-7,14-24H2,1H3,(H,32,37). The number of carbonyl (C=O) groups is 2. The van der Waals surface area contributed by atoms with E-state index in [9.17, 15) is 9.59 Å². The number of nitrogens with one attached hydrogen (secondary N) is 1. The minimum Gasteiger partial charge on any atom is -0.338 e. The average Bonchev–Trinajstić information content (AvgIpc) is 3.23. The van der Waals surface area contributed by atoms with Gasteiger partial charge in [0.1, 0.15) is 0 Å². The van der Waals surface area contributed by atoms with Gasteiger partial charge in [-0.05, 0) is 76.1 Å². The van der Waals surface area contributed by atoms with Crippen LogP contribution in [0.5, 0.6) is 0 Å². The fourth-order valence-corrected chi connectivity index (χ4v) is 6.28. The number of urea groups is 1. The molecule has 0 radical (unpaired) electrons. The number of hydrogen-bond acceptors (Lipinski definition) is 3. The Morgan fingerprint density at radius 1 is 0.892 bits per heavy atom. The Bertz CT molecular complexity index is 1040. The van der Waals surface area contributed by atoms with Gasteiger partial charge in [-0.2, -0.15) is 0 Å². The summed E-state index contributed by atoms with van der Waals surface area (Å²) in [6.45, 7) is 8.23. The quantitative estimate of drug-likeness (QED) is 0.571. The van der Waals surface area contributed by atoms with Crippen LogP contribution in [-0.2, 0) is 11.3 Å². The maximum Gasteiger partial charge on any atom is 0.317 e. The van der Waals surface area contributed by atoms with Crippen LogP contribution < -0.4 is 5.32 Å². The van der Waals surface area contributed by atoms with Crippen molar-refractivity contribution in [3.8, 4) is 0 Å². The summed E-state index contributed by atoms with van der Waals surface area (Å²) in [4.78, 5) is 32.9. The molecular weight excluding hydrogens is 460 g/mol. The molecule has 1 unspecified atom stereocenters. The van der Waals surface area contributed by atoms with E-state index < -0.39 is 0 Å². The lowest BCUT2D eigenvalue weighted by Crippen LogP contribution is -2.46. The van der Waals surface area contributed by atoms with Crippen molar-refractivity contribution in [3.05, 3.63) is 71.3 Å². The Morgan fingerprint density at radius 3 is 2.27 bits per heavy atom. The molecule has 3 heterocycles. The SMILES string of the molecule is Cc1ccc(CN2CCC3(CCN(CCC(NC(=O)N4CCCCC4)c4ccccc4)CC3)C2=O)cc1. The van der Waals surface area contributed by atoms with Gasteiger partial charge in [0.15, 0.2) is 0 Å². The van der Waals surface area contributed by atoms with E-state index in [0.717, 1.165) is 84.3 Å². The van der Waals surface area contributed by atoms with E-state index in [1.54, 1.807) is 0 Å². The van der Waals surface area contributed by atoms with E-state index in [1.807, 2.05) is 23.1 Å². The number of hydrogen-bond donors (Lipinski definition) is 1. The molecule has 5 rings (SSSR count). The van der Waals surface area contributed by atoms with Crippen molar-refractivity contribution in [1.29, 1.82) is 0 Å². The third-order valence-corrected chi connectivity index (χ3v) is 8.79. The second-order valence-electron chi connectivity index (χ2n) is 11.3. The molecule has 3 amide bonds. The maximum atomic E-state index is 13.4. The Morgan fingerprint density at radius 2 is 1.57 bits per heavy atom. The van der Waals surface area contributed by atoms with Gasteiger partial charge < -0.3 is 20.0 Å².